The molecule has 4 aromatic carbocycles. The zero-order chi connectivity index (χ0) is 24.1. The molecule has 0 unspecified atom stereocenters. The number of benzene rings is 4. The molecule has 1 N–H and O–H groups in total. The van der Waals surface area contributed by atoms with Gasteiger partial charge < -0.3 is 10.1 Å². The van der Waals surface area contributed by atoms with Crippen molar-refractivity contribution in [2.24, 2.45) is 0 Å². The molecule has 0 aliphatic carbocycles. The Hall–Kier alpha value is -3.91. The van der Waals surface area contributed by atoms with Crippen LogP contribution >= 0.6 is 0 Å². The van der Waals surface area contributed by atoms with Crippen molar-refractivity contribution in [1.82, 2.24) is 0 Å². The quantitative estimate of drug-likeness (QED) is 0.377. The standard InChI is InChI=1S/C26H23FN2O4S/c1-2-33-22-14-16-23(17-15-22)34(31,32)29(21-12-10-20(27)11-13-21)18-26(30)28-25-9-5-7-19-6-3-4-8-24(19)25/h3-17H,2,18H2,1H3,(H,28,30). The van der Waals surface area contributed by atoms with Crippen LogP contribution in [0.2, 0.25) is 0 Å². The number of halogens is 1. The minimum Gasteiger partial charge on any atom is -0.494 e. The van der Waals surface area contributed by atoms with E-state index in [4.69, 9.17) is 4.74 Å². The lowest BCUT2D eigenvalue weighted by Crippen LogP contribution is -2.38. The molecule has 1 amide bonds. The van der Waals surface area contributed by atoms with Crippen molar-refractivity contribution in [3.05, 3.63) is 96.8 Å². The lowest BCUT2D eigenvalue weighted by atomic mass is 10.1. The molecule has 0 bridgehead atoms. The topological polar surface area (TPSA) is 75.7 Å². The van der Waals surface area contributed by atoms with Crippen LogP contribution in [0, 0.1) is 5.82 Å². The number of hydrogen-bond acceptors (Lipinski definition) is 4. The van der Waals surface area contributed by atoms with E-state index in [1.807, 2.05) is 43.3 Å². The molecule has 34 heavy (non-hydrogen) atoms. The molecule has 8 heteroatoms. The van der Waals surface area contributed by atoms with Crippen LogP contribution in [0.25, 0.3) is 10.8 Å². The van der Waals surface area contributed by atoms with E-state index in [0.717, 1.165) is 27.2 Å². The van der Waals surface area contributed by atoms with Gasteiger partial charge in [0.15, 0.2) is 0 Å². The Bertz CT molecular complexity index is 1400. The Morgan fingerprint density at radius 3 is 2.29 bits per heavy atom. The zero-order valence-electron chi connectivity index (χ0n) is 18.4. The average Bonchev–Trinajstić information content (AvgIpc) is 2.84. The maximum atomic E-state index is 13.5. The van der Waals surface area contributed by atoms with Gasteiger partial charge in [-0.15, -0.1) is 0 Å². The SMILES string of the molecule is CCOc1ccc(S(=O)(=O)N(CC(=O)Nc2cccc3ccccc23)c2ccc(F)cc2)cc1. The third kappa shape index (κ3) is 5.02. The summed E-state index contributed by atoms with van der Waals surface area (Å²) in [5, 5.41) is 4.58. The molecule has 174 valence electrons. The van der Waals surface area contributed by atoms with Gasteiger partial charge in [-0.25, -0.2) is 12.8 Å². The summed E-state index contributed by atoms with van der Waals surface area (Å²) in [5.74, 6) is -0.513. The van der Waals surface area contributed by atoms with Gasteiger partial charge in [-0.1, -0.05) is 36.4 Å². The van der Waals surface area contributed by atoms with Gasteiger partial charge >= 0.3 is 0 Å². The van der Waals surface area contributed by atoms with E-state index >= 15 is 0 Å². The summed E-state index contributed by atoms with van der Waals surface area (Å²) in [6.45, 7) is 1.78. The number of carbonyl (C=O) groups excluding carboxylic acids is 1. The number of nitrogens with zero attached hydrogens (tertiary/aromatic N) is 1. The van der Waals surface area contributed by atoms with Crippen molar-refractivity contribution in [2.45, 2.75) is 11.8 Å². The van der Waals surface area contributed by atoms with E-state index in [1.54, 1.807) is 18.2 Å². The summed E-state index contributed by atoms with van der Waals surface area (Å²) in [6, 6.07) is 23.9. The van der Waals surface area contributed by atoms with Crippen molar-refractivity contribution < 1.29 is 22.3 Å². The Morgan fingerprint density at radius 1 is 0.912 bits per heavy atom. The summed E-state index contributed by atoms with van der Waals surface area (Å²) in [5.41, 5.74) is 0.740. The van der Waals surface area contributed by atoms with Crippen molar-refractivity contribution in [3.8, 4) is 5.75 Å². The van der Waals surface area contributed by atoms with Gasteiger partial charge in [0, 0.05) is 11.1 Å². The first-order valence-electron chi connectivity index (χ1n) is 10.7. The molecule has 0 spiro atoms. The molecule has 6 nitrogen and oxygen atoms in total. The van der Waals surface area contributed by atoms with E-state index in [0.29, 0.717) is 18.0 Å². The minimum absolute atomic E-state index is 0.0155. The highest BCUT2D eigenvalue weighted by Crippen LogP contribution is 2.27. The zero-order valence-corrected chi connectivity index (χ0v) is 19.3. The molecule has 0 saturated carbocycles. The fourth-order valence-electron chi connectivity index (χ4n) is 3.58. The number of ether oxygens (including phenoxy) is 1. The van der Waals surface area contributed by atoms with Crippen LogP contribution in [-0.2, 0) is 14.8 Å². The van der Waals surface area contributed by atoms with E-state index in [2.05, 4.69) is 5.32 Å². The number of fused-ring (bicyclic) bond motifs is 1. The van der Waals surface area contributed by atoms with E-state index < -0.39 is 28.3 Å². The molecule has 0 radical (unpaired) electrons. The fourth-order valence-corrected chi connectivity index (χ4v) is 5.00. The molecule has 4 rings (SSSR count). The van der Waals surface area contributed by atoms with Crippen LogP contribution in [0.4, 0.5) is 15.8 Å². The number of amides is 1. The second-order valence-corrected chi connectivity index (χ2v) is 9.33. The maximum Gasteiger partial charge on any atom is 0.264 e. The van der Waals surface area contributed by atoms with Crippen molar-refractivity contribution >= 4 is 38.1 Å². The summed E-state index contributed by atoms with van der Waals surface area (Å²) in [4.78, 5) is 13.0. The van der Waals surface area contributed by atoms with Gasteiger partial charge in [0.2, 0.25) is 5.91 Å². The Labute approximate surface area is 197 Å². The Balaban J connectivity index is 1.66. The third-order valence-corrected chi connectivity index (χ3v) is 6.98. The first kappa shape index (κ1) is 23.3. The minimum atomic E-state index is -4.13. The lowest BCUT2D eigenvalue weighted by Gasteiger charge is -2.24. The fraction of sp³-hybridized carbons (Fsp3) is 0.115. The molecule has 0 aromatic heterocycles. The normalized spacial score (nSPS) is 11.2. The number of nitrogens with one attached hydrogen (secondary N) is 1. The van der Waals surface area contributed by atoms with Crippen LogP contribution in [0.1, 0.15) is 6.92 Å². The Kier molecular flexibility index (Phi) is 6.79. The molecule has 0 aliphatic rings. The van der Waals surface area contributed by atoms with Crippen molar-refractivity contribution in [1.29, 1.82) is 0 Å². The Morgan fingerprint density at radius 2 is 1.59 bits per heavy atom. The predicted octanol–water partition coefficient (Wildman–Crippen LogP) is 5.21. The highest BCUT2D eigenvalue weighted by molar-refractivity contribution is 7.92. The van der Waals surface area contributed by atoms with Crippen LogP contribution in [0.5, 0.6) is 5.75 Å². The van der Waals surface area contributed by atoms with Gasteiger partial charge in [0.25, 0.3) is 10.0 Å². The summed E-state index contributed by atoms with van der Waals surface area (Å²) in [7, 11) is -4.13. The highest BCUT2D eigenvalue weighted by atomic mass is 32.2. The molecule has 0 fully saturated rings. The molecule has 0 atom stereocenters. The van der Waals surface area contributed by atoms with Crippen molar-refractivity contribution in [2.75, 3.05) is 22.8 Å². The van der Waals surface area contributed by atoms with Crippen LogP contribution in [0.3, 0.4) is 0 Å². The largest absolute Gasteiger partial charge is 0.494 e. The number of sulfonamides is 1. The van der Waals surface area contributed by atoms with E-state index in [9.17, 15) is 17.6 Å². The second-order valence-electron chi connectivity index (χ2n) is 7.47. The smallest absolute Gasteiger partial charge is 0.264 e. The van der Waals surface area contributed by atoms with Crippen LogP contribution < -0.4 is 14.4 Å². The van der Waals surface area contributed by atoms with Crippen LogP contribution in [0.15, 0.2) is 95.9 Å². The second kappa shape index (κ2) is 9.93. The van der Waals surface area contributed by atoms with Crippen molar-refractivity contribution in [3.63, 3.8) is 0 Å². The summed E-state index contributed by atoms with van der Waals surface area (Å²) in [6.07, 6.45) is 0. The molecule has 4 aromatic rings. The first-order valence-corrected chi connectivity index (χ1v) is 12.1. The first-order chi connectivity index (χ1) is 16.4. The predicted molar refractivity (Wildman–Crippen MR) is 131 cm³/mol. The monoisotopic (exact) mass is 478 g/mol. The number of anilines is 2. The highest BCUT2D eigenvalue weighted by Gasteiger charge is 2.27. The molecule has 0 saturated heterocycles. The number of hydrogen-bond donors (Lipinski definition) is 1. The average molecular weight is 479 g/mol. The summed E-state index contributed by atoms with van der Waals surface area (Å²) < 4.78 is 46.9. The van der Waals surface area contributed by atoms with E-state index in [1.165, 1.54) is 24.3 Å². The van der Waals surface area contributed by atoms with E-state index in [-0.39, 0.29) is 10.6 Å². The van der Waals surface area contributed by atoms with Gasteiger partial charge in [-0.3, -0.25) is 9.10 Å². The van der Waals surface area contributed by atoms with Gasteiger partial charge in [-0.05, 0) is 66.9 Å². The van der Waals surface area contributed by atoms with Gasteiger partial charge in [-0.2, -0.15) is 0 Å². The lowest BCUT2D eigenvalue weighted by molar-refractivity contribution is -0.114. The molecular weight excluding hydrogens is 455 g/mol. The molecule has 0 heterocycles. The molecular formula is C26H23FN2O4S. The van der Waals surface area contributed by atoms with Crippen LogP contribution in [-0.4, -0.2) is 27.5 Å². The summed E-state index contributed by atoms with van der Waals surface area (Å²) >= 11 is 0. The molecule has 0 aliphatic heterocycles. The van der Waals surface area contributed by atoms with Gasteiger partial charge in [0.1, 0.15) is 18.1 Å². The maximum absolute atomic E-state index is 13.5. The number of rotatable bonds is 8. The van der Waals surface area contributed by atoms with Gasteiger partial charge in [0.05, 0.1) is 17.2 Å². The number of carbonyl (C=O) groups is 1. The third-order valence-electron chi connectivity index (χ3n) is 5.19.